The number of rotatable bonds is 2. The van der Waals surface area contributed by atoms with E-state index >= 15 is 0 Å². The van der Waals surface area contributed by atoms with Gasteiger partial charge in [0, 0.05) is 30.7 Å². The Hall–Kier alpha value is -1.13. The molecule has 2 unspecified atom stereocenters. The largest absolute Gasteiger partial charge is 0.392 e. The van der Waals surface area contributed by atoms with Crippen molar-refractivity contribution in [1.82, 2.24) is 5.32 Å². The molecule has 2 fully saturated rings. The minimum atomic E-state index is -0.266. The van der Waals surface area contributed by atoms with Crippen molar-refractivity contribution in [3.05, 3.63) is 29.6 Å². The summed E-state index contributed by atoms with van der Waals surface area (Å²) in [6.45, 7) is 1.57. The molecule has 2 aliphatic rings. The van der Waals surface area contributed by atoms with Crippen molar-refractivity contribution in [2.45, 2.75) is 25.1 Å². The van der Waals surface area contributed by atoms with Gasteiger partial charge in [0.15, 0.2) is 5.82 Å². The van der Waals surface area contributed by atoms with E-state index in [1.54, 1.807) is 12.1 Å². The van der Waals surface area contributed by atoms with Crippen LogP contribution in [-0.2, 0) is 6.61 Å². The number of nitrogens with one attached hydrogen (secondary N) is 1. The first kappa shape index (κ1) is 10.1. The van der Waals surface area contributed by atoms with Gasteiger partial charge in [-0.2, -0.15) is 0 Å². The number of piperazine rings is 1. The maximum absolute atomic E-state index is 14.0. The van der Waals surface area contributed by atoms with Gasteiger partial charge in [-0.3, -0.25) is 0 Å². The minimum absolute atomic E-state index is 0.236. The average Bonchev–Trinajstić information content (AvgIpc) is 2.91. The van der Waals surface area contributed by atoms with E-state index in [-0.39, 0.29) is 12.4 Å². The first-order valence-corrected chi connectivity index (χ1v) is 5.68. The van der Waals surface area contributed by atoms with E-state index in [0.717, 1.165) is 19.5 Å². The molecule has 1 aromatic rings. The summed E-state index contributed by atoms with van der Waals surface area (Å²) in [5.41, 5.74) is 1.02. The smallest absolute Gasteiger partial charge is 0.151 e. The molecule has 16 heavy (non-hydrogen) atoms. The van der Waals surface area contributed by atoms with E-state index < -0.39 is 0 Å². The van der Waals surface area contributed by atoms with Crippen molar-refractivity contribution in [1.29, 1.82) is 0 Å². The van der Waals surface area contributed by atoms with E-state index in [1.807, 2.05) is 6.07 Å². The lowest BCUT2D eigenvalue weighted by molar-refractivity contribution is 0.275. The van der Waals surface area contributed by atoms with E-state index in [4.69, 9.17) is 5.11 Å². The Balaban J connectivity index is 1.95. The van der Waals surface area contributed by atoms with Crippen LogP contribution in [0.4, 0.5) is 10.1 Å². The number of halogens is 1. The van der Waals surface area contributed by atoms with Crippen molar-refractivity contribution < 1.29 is 9.50 Å². The van der Waals surface area contributed by atoms with Gasteiger partial charge in [-0.1, -0.05) is 12.1 Å². The SMILES string of the molecule is OCc1cccc(N2CC3CC2CN3)c1F. The molecule has 0 radical (unpaired) electrons. The molecule has 0 aliphatic carbocycles. The number of hydrogen-bond donors (Lipinski definition) is 2. The summed E-state index contributed by atoms with van der Waals surface area (Å²) in [7, 11) is 0. The van der Waals surface area contributed by atoms with Crippen LogP contribution in [0.1, 0.15) is 12.0 Å². The van der Waals surface area contributed by atoms with E-state index in [2.05, 4.69) is 10.2 Å². The second kappa shape index (κ2) is 3.71. The van der Waals surface area contributed by atoms with Gasteiger partial charge in [-0.15, -0.1) is 0 Å². The molecule has 0 saturated carbocycles. The summed E-state index contributed by atoms with van der Waals surface area (Å²) in [6, 6.07) is 6.15. The first-order chi connectivity index (χ1) is 7.79. The lowest BCUT2D eigenvalue weighted by Gasteiger charge is -2.30. The van der Waals surface area contributed by atoms with Gasteiger partial charge in [0.2, 0.25) is 0 Å². The highest BCUT2D eigenvalue weighted by Gasteiger charge is 2.38. The number of aliphatic hydroxyl groups excluding tert-OH is 1. The van der Waals surface area contributed by atoms with Crippen molar-refractivity contribution >= 4 is 5.69 Å². The highest BCUT2D eigenvalue weighted by molar-refractivity contribution is 5.53. The lowest BCUT2D eigenvalue weighted by Crippen LogP contribution is -2.44. The van der Waals surface area contributed by atoms with Crippen molar-refractivity contribution in [3.63, 3.8) is 0 Å². The Labute approximate surface area is 93.9 Å². The van der Waals surface area contributed by atoms with Crippen LogP contribution < -0.4 is 10.2 Å². The molecule has 2 saturated heterocycles. The van der Waals surface area contributed by atoms with Crippen molar-refractivity contribution in [3.8, 4) is 0 Å². The Morgan fingerprint density at radius 1 is 1.50 bits per heavy atom. The molecule has 2 heterocycles. The normalized spacial score (nSPS) is 27.8. The van der Waals surface area contributed by atoms with Crippen LogP contribution >= 0.6 is 0 Å². The monoisotopic (exact) mass is 222 g/mol. The quantitative estimate of drug-likeness (QED) is 0.779. The highest BCUT2D eigenvalue weighted by Crippen LogP contribution is 2.32. The van der Waals surface area contributed by atoms with E-state index in [0.29, 0.717) is 23.3 Å². The van der Waals surface area contributed by atoms with Crippen LogP contribution in [0, 0.1) is 5.82 Å². The van der Waals surface area contributed by atoms with Gasteiger partial charge in [0.05, 0.1) is 12.3 Å². The van der Waals surface area contributed by atoms with Gasteiger partial charge in [0.1, 0.15) is 0 Å². The van der Waals surface area contributed by atoms with E-state index in [9.17, 15) is 4.39 Å². The van der Waals surface area contributed by atoms with E-state index in [1.165, 1.54) is 0 Å². The molecular weight excluding hydrogens is 207 g/mol. The predicted molar refractivity (Wildman–Crippen MR) is 59.9 cm³/mol. The molecular formula is C12H15FN2O. The molecule has 2 N–H and O–H groups in total. The summed E-state index contributed by atoms with van der Waals surface area (Å²) in [5.74, 6) is -0.266. The molecule has 2 atom stereocenters. The molecule has 3 nitrogen and oxygen atoms in total. The molecule has 2 bridgehead atoms. The Morgan fingerprint density at radius 3 is 3.00 bits per heavy atom. The molecule has 0 spiro atoms. The summed E-state index contributed by atoms with van der Waals surface area (Å²) < 4.78 is 14.0. The lowest BCUT2D eigenvalue weighted by atomic mass is 10.1. The molecule has 2 aliphatic heterocycles. The fourth-order valence-electron chi connectivity index (χ4n) is 2.77. The maximum Gasteiger partial charge on any atom is 0.151 e. The molecule has 0 aromatic heterocycles. The number of benzene rings is 1. The summed E-state index contributed by atoms with van der Waals surface area (Å²) in [5, 5.41) is 12.4. The van der Waals surface area contributed by atoms with Crippen LogP contribution in [0.2, 0.25) is 0 Å². The zero-order valence-corrected chi connectivity index (χ0v) is 8.99. The van der Waals surface area contributed by atoms with Gasteiger partial charge in [0.25, 0.3) is 0 Å². The van der Waals surface area contributed by atoms with Gasteiger partial charge in [-0.05, 0) is 12.5 Å². The van der Waals surface area contributed by atoms with Crippen molar-refractivity contribution in [2.24, 2.45) is 0 Å². The van der Waals surface area contributed by atoms with Crippen LogP contribution in [0.25, 0.3) is 0 Å². The van der Waals surface area contributed by atoms with Crippen LogP contribution in [0.15, 0.2) is 18.2 Å². The zero-order valence-electron chi connectivity index (χ0n) is 8.99. The van der Waals surface area contributed by atoms with Gasteiger partial charge >= 0.3 is 0 Å². The number of fused-ring (bicyclic) bond motifs is 2. The fraction of sp³-hybridized carbons (Fsp3) is 0.500. The molecule has 0 amide bonds. The zero-order chi connectivity index (χ0) is 11.1. The third kappa shape index (κ3) is 1.41. The summed E-state index contributed by atoms with van der Waals surface area (Å²) >= 11 is 0. The number of aliphatic hydroxyl groups is 1. The minimum Gasteiger partial charge on any atom is -0.392 e. The van der Waals surface area contributed by atoms with Crippen LogP contribution in [0.3, 0.4) is 0 Å². The Bertz CT molecular complexity index is 410. The second-order valence-electron chi connectivity index (χ2n) is 4.56. The fourth-order valence-corrected chi connectivity index (χ4v) is 2.77. The standard InChI is InChI=1S/C12H15FN2O/c13-12-8(7-16)2-1-3-11(12)15-6-9-4-10(15)5-14-9/h1-3,9-10,14,16H,4-7H2. The molecule has 3 rings (SSSR count). The van der Waals surface area contributed by atoms with Gasteiger partial charge < -0.3 is 15.3 Å². The number of anilines is 1. The van der Waals surface area contributed by atoms with Crippen molar-refractivity contribution in [2.75, 3.05) is 18.0 Å². The maximum atomic E-state index is 14.0. The molecule has 1 aromatic carbocycles. The highest BCUT2D eigenvalue weighted by atomic mass is 19.1. The predicted octanol–water partition coefficient (Wildman–Crippen LogP) is 0.869. The van der Waals surface area contributed by atoms with Crippen LogP contribution in [-0.4, -0.2) is 30.3 Å². The third-order valence-electron chi connectivity index (χ3n) is 3.59. The first-order valence-electron chi connectivity index (χ1n) is 5.68. The average molecular weight is 222 g/mol. The molecule has 4 heteroatoms. The summed E-state index contributed by atoms with van der Waals surface area (Å²) in [4.78, 5) is 2.12. The van der Waals surface area contributed by atoms with Crippen LogP contribution in [0.5, 0.6) is 0 Å². The van der Waals surface area contributed by atoms with Gasteiger partial charge in [-0.25, -0.2) is 4.39 Å². The topological polar surface area (TPSA) is 35.5 Å². The third-order valence-corrected chi connectivity index (χ3v) is 3.59. The Kier molecular flexibility index (Phi) is 2.33. The Morgan fingerprint density at radius 2 is 2.38 bits per heavy atom. The number of nitrogens with zero attached hydrogens (tertiary/aromatic N) is 1. The molecule has 86 valence electrons. The number of hydrogen-bond acceptors (Lipinski definition) is 3. The summed E-state index contributed by atoms with van der Waals surface area (Å²) in [6.07, 6.45) is 1.10. The second-order valence-corrected chi connectivity index (χ2v) is 4.56.